The van der Waals surface area contributed by atoms with Crippen LogP contribution >= 0.6 is 0 Å². The topological polar surface area (TPSA) is 33.0 Å². The molecule has 1 atom stereocenters. The van der Waals surface area contributed by atoms with Gasteiger partial charge < -0.3 is 4.43 Å². The summed E-state index contributed by atoms with van der Waals surface area (Å²) in [6.07, 6.45) is -0.447. The van der Waals surface area contributed by atoms with Gasteiger partial charge in [0, 0.05) is 0 Å². The Morgan fingerprint density at radius 2 is 1.71 bits per heavy atom. The van der Waals surface area contributed by atoms with Crippen molar-refractivity contribution in [2.24, 2.45) is 0 Å². The molecule has 0 N–H and O–H groups in total. The molecule has 17 heavy (non-hydrogen) atoms. The minimum absolute atomic E-state index is 0.122. The largest absolute Gasteiger partial charge is 0.398 e. The van der Waals surface area contributed by atoms with Gasteiger partial charge in [-0.25, -0.2) is 0 Å². The highest BCUT2D eigenvalue weighted by molar-refractivity contribution is 6.74. The average molecular weight is 247 g/mol. The minimum atomic E-state index is -1.89. The Kier molecular flexibility index (Phi) is 4.13. The molecule has 92 valence electrons. The van der Waals surface area contributed by atoms with Gasteiger partial charge in [-0.2, -0.15) is 5.26 Å². The van der Waals surface area contributed by atoms with Crippen LogP contribution in [0.5, 0.6) is 0 Å². The number of benzene rings is 1. The van der Waals surface area contributed by atoms with Gasteiger partial charge in [-0.3, -0.25) is 0 Å². The minimum Gasteiger partial charge on any atom is -0.398 e. The first kappa shape index (κ1) is 13.9. The third kappa shape index (κ3) is 3.42. The van der Waals surface area contributed by atoms with Crippen LogP contribution in [0.25, 0.3) is 0 Å². The van der Waals surface area contributed by atoms with Crippen molar-refractivity contribution < 1.29 is 4.43 Å². The lowest BCUT2D eigenvalue weighted by Crippen LogP contribution is -2.41. The molecule has 0 saturated heterocycles. The lowest BCUT2D eigenvalue weighted by Gasteiger charge is -2.37. The molecule has 0 aliphatic rings. The molecule has 1 aromatic carbocycles. The molecule has 0 spiro atoms. The van der Waals surface area contributed by atoms with E-state index in [9.17, 15) is 5.26 Å². The molecule has 0 aliphatic carbocycles. The van der Waals surface area contributed by atoms with Crippen LogP contribution in [0, 0.1) is 11.3 Å². The highest BCUT2D eigenvalue weighted by atomic mass is 28.4. The molecule has 3 heteroatoms. The summed E-state index contributed by atoms with van der Waals surface area (Å²) in [6, 6.07) is 12.0. The monoisotopic (exact) mass is 247 g/mol. The first-order valence-electron chi connectivity index (χ1n) is 5.90. The Balaban J connectivity index is 2.90. The van der Waals surface area contributed by atoms with Crippen LogP contribution in [0.2, 0.25) is 18.1 Å². The van der Waals surface area contributed by atoms with Crippen molar-refractivity contribution in [1.29, 1.82) is 5.26 Å². The van der Waals surface area contributed by atoms with Crippen LogP contribution in [0.4, 0.5) is 0 Å². The summed E-state index contributed by atoms with van der Waals surface area (Å²) in [5.41, 5.74) is 0.944. The van der Waals surface area contributed by atoms with E-state index in [0.717, 1.165) is 5.56 Å². The van der Waals surface area contributed by atoms with Crippen molar-refractivity contribution in [2.45, 2.75) is 45.0 Å². The van der Waals surface area contributed by atoms with Crippen molar-refractivity contribution in [3.8, 4) is 6.07 Å². The molecule has 0 saturated carbocycles. The van der Waals surface area contributed by atoms with E-state index in [4.69, 9.17) is 4.43 Å². The Morgan fingerprint density at radius 1 is 1.18 bits per heavy atom. The fourth-order valence-corrected chi connectivity index (χ4v) is 2.40. The Bertz CT molecular complexity index is 400. The number of nitrogens with zero attached hydrogens (tertiary/aromatic N) is 1. The van der Waals surface area contributed by atoms with Gasteiger partial charge in [0.05, 0.1) is 6.07 Å². The van der Waals surface area contributed by atoms with Crippen LogP contribution in [-0.4, -0.2) is 8.32 Å². The highest BCUT2D eigenvalue weighted by Crippen LogP contribution is 2.39. The molecule has 2 nitrogen and oxygen atoms in total. The van der Waals surface area contributed by atoms with Crippen molar-refractivity contribution in [3.63, 3.8) is 0 Å². The van der Waals surface area contributed by atoms with Gasteiger partial charge in [0.25, 0.3) is 0 Å². The Hall–Kier alpha value is -1.11. The zero-order valence-corrected chi connectivity index (χ0v) is 12.3. The molecule has 1 aromatic rings. The van der Waals surface area contributed by atoms with E-state index >= 15 is 0 Å². The van der Waals surface area contributed by atoms with Crippen molar-refractivity contribution >= 4 is 8.32 Å². The van der Waals surface area contributed by atoms with E-state index < -0.39 is 14.4 Å². The van der Waals surface area contributed by atoms with Gasteiger partial charge >= 0.3 is 0 Å². The normalized spacial score (nSPS) is 14.1. The number of hydrogen-bond donors (Lipinski definition) is 0. The van der Waals surface area contributed by atoms with E-state index in [1.165, 1.54) is 0 Å². The summed E-state index contributed by atoms with van der Waals surface area (Å²) in [6.45, 7) is 10.9. The number of rotatable bonds is 3. The molecule has 0 amide bonds. The zero-order valence-electron chi connectivity index (χ0n) is 11.3. The second-order valence-electron chi connectivity index (χ2n) is 5.80. The predicted molar refractivity (Wildman–Crippen MR) is 73.1 cm³/mol. The molecular weight excluding hydrogens is 226 g/mol. The van der Waals surface area contributed by atoms with Crippen LogP contribution in [0.15, 0.2) is 30.3 Å². The third-order valence-electron chi connectivity index (χ3n) is 3.44. The summed E-state index contributed by atoms with van der Waals surface area (Å²) in [5, 5.41) is 9.38. The van der Waals surface area contributed by atoms with E-state index in [-0.39, 0.29) is 5.04 Å². The van der Waals surface area contributed by atoms with E-state index in [2.05, 4.69) is 39.9 Å². The zero-order chi connectivity index (χ0) is 13.1. The maximum absolute atomic E-state index is 9.26. The lowest BCUT2D eigenvalue weighted by atomic mass is 10.1. The summed E-state index contributed by atoms with van der Waals surface area (Å²) < 4.78 is 6.12. The number of nitriles is 1. The highest BCUT2D eigenvalue weighted by Gasteiger charge is 2.39. The lowest BCUT2D eigenvalue weighted by molar-refractivity contribution is 0.236. The maximum atomic E-state index is 9.26. The van der Waals surface area contributed by atoms with Crippen LogP contribution in [0.1, 0.15) is 32.4 Å². The SMILES string of the molecule is CC(C)(C)[Si](C)(C)O[C@@H](C#N)c1ccccc1. The summed E-state index contributed by atoms with van der Waals surface area (Å²) >= 11 is 0. The first-order valence-corrected chi connectivity index (χ1v) is 8.81. The molecular formula is C14H21NOSi. The van der Waals surface area contributed by atoms with Gasteiger partial charge in [0.15, 0.2) is 14.4 Å². The molecule has 0 heterocycles. The fourth-order valence-electron chi connectivity index (χ4n) is 1.27. The Morgan fingerprint density at radius 3 is 2.12 bits per heavy atom. The van der Waals surface area contributed by atoms with Gasteiger partial charge in [0.2, 0.25) is 0 Å². The second-order valence-corrected chi connectivity index (χ2v) is 10.6. The molecule has 0 radical (unpaired) electrons. The van der Waals surface area contributed by atoms with Crippen LogP contribution < -0.4 is 0 Å². The molecule has 0 bridgehead atoms. The quantitative estimate of drug-likeness (QED) is 0.747. The summed E-state index contributed by atoms with van der Waals surface area (Å²) in [5.74, 6) is 0. The van der Waals surface area contributed by atoms with Gasteiger partial charge in [-0.15, -0.1) is 0 Å². The molecule has 0 fully saturated rings. The molecule has 1 rings (SSSR count). The van der Waals surface area contributed by atoms with Gasteiger partial charge in [0.1, 0.15) is 0 Å². The molecule has 0 aromatic heterocycles. The standard InChI is InChI=1S/C14H21NOSi/c1-14(2,3)17(4,5)16-13(11-15)12-9-7-6-8-10-12/h6-10,13H,1-5H3/t13-/m0/s1. The van der Waals surface area contributed by atoms with E-state index in [1.807, 2.05) is 30.3 Å². The van der Waals surface area contributed by atoms with Gasteiger partial charge in [-0.05, 0) is 23.7 Å². The summed E-state index contributed by atoms with van der Waals surface area (Å²) in [7, 11) is -1.89. The van der Waals surface area contributed by atoms with Crippen LogP contribution in [-0.2, 0) is 4.43 Å². The fraction of sp³-hybridized carbons (Fsp3) is 0.500. The summed E-state index contributed by atoms with van der Waals surface area (Å²) in [4.78, 5) is 0. The molecule has 0 unspecified atom stereocenters. The first-order chi connectivity index (χ1) is 7.78. The molecule has 0 aliphatic heterocycles. The smallest absolute Gasteiger partial charge is 0.194 e. The number of hydrogen-bond acceptors (Lipinski definition) is 2. The Labute approximate surface area is 105 Å². The van der Waals surface area contributed by atoms with Gasteiger partial charge in [-0.1, -0.05) is 51.1 Å². The van der Waals surface area contributed by atoms with E-state index in [0.29, 0.717) is 0 Å². The predicted octanol–water partition coefficient (Wildman–Crippen LogP) is 4.27. The van der Waals surface area contributed by atoms with Crippen molar-refractivity contribution in [1.82, 2.24) is 0 Å². The van der Waals surface area contributed by atoms with E-state index in [1.54, 1.807) is 0 Å². The third-order valence-corrected chi connectivity index (χ3v) is 7.88. The van der Waals surface area contributed by atoms with Crippen molar-refractivity contribution in [3.05, 3.63) is 35.9 Å². The van der Waals surface area contributed by atoms with Crippen LogP contribution in [0.3, 0.4) is 0 Å². The average Bonchev–Trinajstić information content (AvgIpc) is 2.25. The maximum Gasteiger partial charge on any atom is 0.194 e. The van der Waals surface area contributed by atoms with Crippen molar-refractivity contribution in [2.75, 3.05) is 0 Å². The second kappa shape index (κ2) is 5.03.